The molecule has 21 heavy (non-hydrogen) atoms. The molecule has 0 N–H and O–H groups in total. The van der Waals surface area contributed by atoms with Gasteiger partial charge in [-0.05, 0) is 5.56 Å². The summed E-state index contributed by atoms with van der Waals surface area (Å²) in [4.78, 5) is 16.4. The van der Waals surface area contributed by atoms with Gasteiger partial charge in [0, 0.05) is 32.7 Å². The van der Waals surface area contributed by atoms with Gasteiger partial charge in [0.1, 0.15) is 6.61 Å². The van der Waals surface area contributed by atoms with E-state index in [-0.39, 0.29) is 5.97 Å². The van der Waals surface area contributed by atoms with Crippen molar-refractivity contribution < 1.29 is 14.3 Å². The van der Waals surface area contributed by atoms with Crippen molar-refractivity contribution in [3.05, 3.63) is 35.9 Å². The van der Waals surface area contributed by atoms with Crippen LogP contribution >= 0.6 is 0 Å². The highest BCUT2D eigenvalue weighted by Gasteiger charge is 2.27. The molecule has 114 valence electrons. The lowest BCUT2D eigenvalue weighted by Gasteiger charge is -2.33. The molecule has 5 heteroatoms. The number of benzene rings is 1. The molecule has 3 rings (SSSR count). The average molecular weight is 290 g/mol. The molecule has 1 aromatic rings. The standard InChI is InChI=1S/C16H22N2O3/c19-16(21-12-14-4-2-1-3-5-14)11-18-8-6-17(7-9-18)10-15-13-20-15/h1-5,15H,6-13H2/t15-/m1/s1. The maximum atomic E-state index is 11.9. The van der Waals surface area contributed by atoms with Gasteiger partial charge in [-0.25, -0.2) is 0 Å². The van der Waals surface area contributed by atoms with Crippen molar-refractivity contribution in [3.63, 3.8) is 0 Å². The van der Waals surface area contributed by atoms with Gasteiger partial charge in [0.15, 0.2) is 0 Å². The van der Waals surface area contributed by atoms with Gasteiger partial charge in [-0.15, -0.1) is 0 Å². The lowest BCUT2D eigenvalue weighted by Crippen LogP contribution is -2.49. The number of piperazine rings is 1. The maximum Gasteiger partial charge on any atom is 0.320 e. The first-order valence-electron chi connectivity index (χ1n) is 7.55. The summed E-state index contributed by atoms with van der Waals surface area (Å²) in [7, 11) is 0. The minimum absolute atomic E-state index is 0.141. The predicted octanol–water partition coefficient (Wildman–Crippen LogP) is 0.746. The van der Waals surface area contributed by atoms with E-state index in [0.717, 1.165) is 44.9 Å². The third-order valence-corrected chi connectivity index (χ3v) is 3.92. The summed E-state index contributed by atoms with van der Waals surface area (Å²) in [6, 6.07) is 9.79. The molecule has 2 fully saturated rings. The predicted molar refractivity (Wildman–Crippen MR) is 78.9 cm³/mol. The lowest BCUT2D eigenvalue weighted by atomic mass is 10.2. The largest absolute Gasteiger partial charge is 0.460 e. The molecule has 1 aromatic carbocycles. The molecule has 0 amide bonds. The highest BCUT2D eigenvalue weighted by atomic mass is 16.6. The van der Waals surface area contributed by atoms with Crippen LogP contribution in [-0.4, -0.2) is 67.7 Å². The molecule has 5 nitrogen and oxygen atoms in total. The van der Waals surface area contributed by atoms with Crippen molar-refractivity contribution >= 4 is 5.97 Å². The molecule has 0 aliphatic carbocycles. The van der Waals surface area contributed by atoms with Crippen LogP contribution in [0.4, 0.5) is 0 Å². The van der Waals surface area contributed by atoms with E-state index in [1.165, 1.54) is 0 Å². The van der Waals surface area contributed by atoms with E-state index in [1.807, 2.05) is 30.3 Å². The van der Waals surface area contributed by atoms with Crippen LogP contribution in [0.15, 0.2) is 30.3 Å². The van der Waals surface area contributed by atoms with E-state index < -0.39 is 0 Å². The fraction of sp³-hybridized carbons (Fsp3) is 0.562. The third-order valence-electron chi connectivity index (χ3n) is 3.92. The van der Waals surface area contributed by atoms with E-state index in [0.29, 0.717) is 19.3 Å². The van der Waals surface area contributed by atoms with E-state index in [4.69, 9.17) is 9.47 Å². The average Bonchev–Trinajstić information content (AvgIpc) is 3.32. The Kier molecular flexibility index (Phi) is 4.85. The number of esters is 1. The summed E-state index contributed by atoms with van der Waals surface area (Å²) in [5.41, 5.74) is 1.03. The van der Waals surface area contributed by atoms with E-state index in [1.54, 1.807) is 0 Å². The van der Waals surface area contributed by atoms with Crippen molar-refractivity contribution in [2.24, 2.45) is 0 Å². The van der Waals surface area contributed by atoms with E-state index in [9.17, 15) is 4.79 Å². The zero-order valence-electron chi connectivity index (χ0n) is 12.2. The summed E-state index contributed by atoms with van der Waals surface area (Å²) >= 11 is 0. The molecule has 0 radical (unpaired) electrons. The molecule has 2 heterocycles. The Morgan fingerprint density at radius 2 is 1.81 bits per heavy atom. The zero-order chi connectivity index (χ0) is 14.5. The second-order valence-corrected chi connectivity index (χ2v) is 5.68. The monoisotopic (exact) mass is 290 g/mol. The Morgan fingerprint density at radius 3 is 2.48 bits per heavy atom. The van der Waals surface area contributed by atoms with Crippen LogP contribution in [0.2, 0.25) is 0 Å². The van der Waals surface area contributed by atoms with E-state index in [2.05, 4.69) is 9.80 Å². The molecule has 0 saturated carbocycles. The molecular weight excluding hydrogens is 268 g/mol. The van der Waals surface area contributed by atoms with Crippen LogP contribution in [0.5, 0.6) is 0 Å². The first-order chi connectivity index (χ1) is 10.3. The summed E-state index contributed by atoms with van der Waals surface area (Å²) in [5, 5.41) is 0. The van der Waals surface area contributed by atoms with Gasteiger partial charge in [-0.1, -0.05) is 30.3 Å². The number of hydrogen-bond donors (Lipinski definition) is 0. The number of carbonyl (C=O) groups is 1. The Bertz CT molecular complexity index is 454. The number of carbonyl (C=O) groups excluding carboxylic acids is 1. The zero-order valence-corrected chi connectivity index (χ0v) is 12.2. The normalized spacial score (nSPS) is 23.0. The lowest BCUT2D eigenvalue weighted by molar-refractivity contribution is -0.146. The highest BCUT2D eigenvalue weighted by Crippen LogP contribution is 2.12. The van der Waals surface area contributed by atoms with E-state index >= 15 is 0 Å². The fourth-order valence-electron chi connectivity index (χ4n) is 2.56. The molecule has 0 aromatic heterocycles. The molecule has 0 spiro atoms. The quantitative estimate of drug-likeness (QED) is 0.571. The molecule has 2 aliphatic heterocycles. The first kappa shape index (κ1) is 14.5. The van der Waals surface area contributed by atoms with Crippen LogP contribution in [0, 0.1) is 0 Å². The van der Waals surface area contributed by atoms with Crippen molar-refractivity contribution in [2.45, 2.75) is 12.7 Å². The summed E-state index contributed by atoms with van der Waals surface area (Å²) in [5.74, 6) is -0.141. The SMILES string of the molecule is O=C(CN1CCN(C[C@@H]2CO2)CC1)OCc1ccccc1. The Hall–Kier alpha value is -1.43. The van der Waals surface area contributed by atoms with Crippen LogP contribution in [0.3, 0.4) is 0 Å². The van der Waals surface area contributed by atoms with Gasteiger partial charge in [-0.2, -0.15) is 0 Å². The maximum absolute atomic E-state index is 11.9. The van der Waals surface area contributed by atoms with Crippen molar-refractivity contribution in [1.29, 1.82) is 0 Å². The van der Waals surface area contributed by atoms with Gasteiger partial charge in [0.25, 0.3) is 0 Å². The van der Waals surface area contributed by atoms with Crippen LogP contribution in [0.25, 0.3) is 0 Å². The molecule has 1 atom stereocenters. The summed E-state index contributed by atoms with van der Waals surface area (Å²) < 4.78 is 10.6. The molecule has 0 unspecified atom stereocenters. The number of nitrogens with zero attached hydrogens (tertiary/aromatic N) is 2. The number of hydrogen-bond acceptors (Lipinski definition) is 5. The number of epoxide rings is 1. The van der Waals surface area contributed by atoms with Crippen molar-refractivity contribution in [3.8, 4) is 0 Å². The highest BCUT2D eigenvalue weighted by molar-refractivity contribution is 5.71. The summed E-state index contributed by atoms with van der Waals surface area (Å²) in [6.07, 6.45) is 0.451. The van der Waals surface area contributed by atoms with Crippen molar-refractivity contribution in [1.82, 2.24) is 9.80 Å². The Balaban J connectivity index is 1.33. The van der Waals surface area contributed by atoms with Gasteiger partial charge in [0.05, 0.1) is 19.3 Å². The second kappa shape index (κ2) is 7.02. The Labute approximate surface area is 125 Å². The minimum Gasteiger partial charge on any atom is -0.460 e. The second-order valence-electron chi connectivity index (χ2n) is 5.68. The Morgan fingerprint density at radius 1 is 1.14 bits per heavy atom. The van der Waals surface area contributed by atoms with Gasteiger partial charge in [-0.3, -0.25) is 14.6 Å². The molecule has 0 bridgehead atoms. The van der Waals surface area contributed by atoms with Crippen molar-refractivity contribution in [2.75, 3.05) is 45.9 Å². The molecule has 2 aliphatic rings. The minimum atomic E-state index is -0.141. The molecule has 2 saturated heterocycles. The van der Waals surface area contributed by atoms with Crippen LogP contribution < -0.4 is 0 Å². The topological polar surface area (TPSA) is 45.3 Å². The van der Waals surface area contributed by atoms with Gasteiger partial charge in [0.2, 0.25) is 0 Å². The van der Waals surface area contributed by atoms with Crippen LogP contribution in [0.1, 0.15) is 5.56 Å². The fourth-order valence-corrected chi connectivity index (χ4v) is 2.56. The van der Waals surface area contributed by atoms with Gasteiger partial charge < -0.3 is 9.47 Å². The first-order valence-corrected chi connectivity index (χ1v) is 7.55. The summed E-state index contributed by atoms with van der Waals surface area (Å²) in [6.45, 7) is 6.55. The molecular formula is C16H22N2O3. The van der Waals surface area contributed by atoms with Crippen LogP contribution in [-0.2, 0) is 20.9 Å². The number of rotatable bonds is 6. The third kappa shape index (κ3) is 4.81. The smallest absolute Gasteiger partial charge is 0.320 e. The van der Waals surface area contributed by atoms with Gasteiger partial charge >= 0.3 is 5.97 Å². The number of ether oxygens (including phenoxy) is 2.